The second kappa shape index (κ2) is 32.6. The van der Waals surface area contributed by atoms with Crippen molar-refractivity contribution in [2.75, 3.05) is 41.4 Å². The molecular weight excluding hydrogens is 1210 g/mol. The van der Waals surface area contributed by atoms with Crippen molar-refractivity contribution in [3.8, 4) is 23.0 Å². The molecule has 4 bridgehead atoms. The van der Waals surface area contributed by atoms with Gasteiger partial charge in [-0.3, -0.25) is 9.59 Å². The van der Waals surface area contributed by atoms with E-state index in [1.165, 1.54) is 22.3 Å². The van der Waals surface area contributed by atoms with Gasteiger partial charge in [-0.2, -0.15) is 0 Å². The number of aliphatic hydroxyl groups is 8. The lowest BCUT2D eigenvalue weighted by atomic mass is 9.52. The molecule has 4 aliphatic carbocycles. The van der Waals surface area contributed by atoms with E-state index >= 15 is 0 Å². The molecule has 10 rings (SSSR count). The zero-order chi connectivity index (χ0) is 63.4. The number of nitrogens with zero attached hydrogens (tertiary/aromatic N) is 2. The molecule has 2 aromatic rings. The van der Waals surface area contributed by atoms with Gasteiger partial charge in [0.2, 0.25) is 0 Å². The summed E-state index contributed by atoms with van der Waals surface area (Å²) in [6, 6.07) is 9.46. The summed E-state index contributed by atoms with van der Waals surface area (Å²) >= 11 is 0. The van der Waals surface area contributed by atoms with Crippen LogP contribution < -0.4 is 18.9 Å². The van der Waals surface area contributed by atoms with Gasteiger partial charge in [-0.05, 0) is 101 Å². The number of aliphatic carboxylic acids is 8. The SMILES string of the molecule is COc1ccc2c3c1O[C@H]1C(=O)CC[C@H]4[C@@H](C2)N(C)CC[C@]314.COc1ccc2c3c1O[C@H]1C(=O)CC[C@H]4[C@@H](C2)N(C)CC[C@]314.O.O.O.O.O.O=C(O)[C@H](O)[C@@H](O)C(=O)O.O=C(O)[C@H](O)[C@@H](O)C(=O)O.O=C(O)[C@H](O)[C@@H](O)C(=O)O.O=C(O)[C@H](O)[C@@H](O)C(=O)O. The van der Waals surface area contributed by atoms with Crippen LogP contribution in [0.2, 0.25) is 0 Å². The number of rotatable bonds is 14. The van der Waals surface area contributed by atoms with E-state index in [0.29, 0.717) is 36.8 Å². The Labute approximate surface area is 502 Å². The first kappa shape index (κ1) is 81.1. The summed E-state index contributed by atoms with van der Waals surface area (Å²) in [6.07, 6.45) is -11.2. The number of Topliss-reactive ketones (excluding diaryl/α,β-unsaturated/α-hetero) is 2. The number of methoxy groups -OCH3 is 2. The van der Waals surface area contributed by atoms with Gasteiger partial charge in [-0.1, -0.05) is 12.1 Å². The standard InChI is InChI=1S/2C18H21NO3.4C4H6O6.5H2O/c2*1-19-8-7-18-11-4-5-13(20)17(18)22-16-14(21-2)6-3-10(15(16)18)9-12(11)19;4*5-1(3(7)8)2(6)4(9)10;;;;;/h2*3,6,11-12,17H,4-5,7-9H2,1-2H3;4*1-2,5-6H,(H,7,8)(H,9,10);5*1H2/t2*11-,12+,17-,18-;4*1-,2-;;;;;/m001111...../s1. The molecule has 26 N–H and O–H groups in total. The van der Waals surface area contributed by atoms with E-state index in [9.17, 15) is 47.9 Å². The Morgan fingerprint density at radius 1 is 0.449 bits per heavy atom. The lowest BCUT2D eigenvalue weighted by Crippen LogP contribution is -2.65. The number of piperidine rings is 2. The van der Waals surface area contributed by atoms with E-state index in [1.54, 1.807) is 14.2 Å². The van der Waals surface area contributed by atoms with Crippen LogP contribution in [0.3, 0.4) is 0 Å². The third-order valence-electron chi connectivity index (χ3n) is 16.4. The molecule has 4 heterocycles. The summed E-state index contributed by atoms with van der Waals surface area (Å²) < 4.78 is 23.6. The van der Waals surface area contributed by atoms with Crippen LogP contribution in [0.4, 0.5) is 0 Å². The second-order valence-corrected chi connectivity index (χ2v) is 20.8. The maximum absolute atomic E-state index is 12.6. The third kappa shape index (κ3) is 15.8. The van der Waals surface area contributed by atoms with Crippen LogP contribution in [0, 0.1) is 11.8 Å². The minimum absolute atomic E-state index is 0. The average Bonchev–Trinajstić information content (AvgIpc) is 1.60. The number of hydrogen-bond acceptors (Lipinski definition) is 24. The lowest BCUT2D eigenvalue weighted by molar-refractivity contribution is -0.165. The highest BCUT2D eigenvalue weighted by Gasteiger charge is 2.67. The highest BCUT2D eigenvalue weighted by Crippen LogP contribution is 2.64. The van der Waals surface area contributed by atoms with E-state index in [2.05, 4.69) is 36.0 Å². The number of benzene rings is 2. The maximum atomic E-state index is 12.6. The molecule has 0 radical (unpaired) electrons. The molecule has 2 spiro atoms. The molecule has 4 aliphatic heterocycles. The van der Waals surface area contributed by atoms with Crippen molar-refractivity contribution in [2.24, 2.45) is 11.8 Å². The minimum Gasteiger partial charge on any atom is -0.493 e. The van der Waals surface area contributed by atoms with E-state index in [4.69, 9.17) is 101 Å². The summed E-state index contributed by atoms with van der Waals surface area (Å²) in [7, 11) is 7.82. The van der Waals surface area contributed by atoms with Crippen LogP contribution in [-0.2, 0) is 71.6 Å². The van der Waals surface area contributed by atoms with Crippen molar-refractivity contribution >= 4 is 59.3 Å². The average molecular weight is 1290 g/mol. The van der Waals surface area contributed by atoms with Crippen molar-refractivity contribution in [1.29, 1.82) is 0 Å². The van der Waals surface area contributed by atoms with Crippen LogP contribution >= 0.6 is 0 Å². The normalized spacial score (nSPS) is 26.1. The van der Waals surface area contributed by atoms with Crippen LogP contribution in [0.5, 0.6) is 23.0 Å². The van der Waals surface area contributed by atoms with E-state index < -0.39 is 96.6 Å². The summed E-state index contributed by atoms with van der Waals surface area (Å²) in [5.41, 5.74) is 5.15. The van der Waals surface area contributed by atoms with Gasteiger partial charge in [0.05, 0.1) is 14.2 Å². The Morgan fingerprint density at radius 3 is 0.899 bits per heavy atom. The maximum Gasteiger partial charge on any atom is 0.335 e. The fraction of sp³-hybridized carbons (Fsp3) is 0.577. The fourth-order valence-electron chi connectivity index (χ4n) is 12.4. The molecule has 37 heteroatoms. The molecule has 37 nitrogen and oxygen atoms in total. The highest BCUT2D eigenvalue weighted by molar-refractivity contribution is 5.90. The number of likely N-dealkylation sites (N-methyl/N-ethyl adjacent to an activating group) is 2. The number of carbonyl (C=O) groups is 10. The number of carboxylic acids is 8. The minimum atomic E-state index is -2.27. The van der Waals surface area contributed by atoms with Crippen LogP contribution in [-0.4, -0.2) is 293 Å². The van der Waals surface area contributed by atoms with Gasteiger partial charge in [-0.15, -0.1) is 0 Å². The molecule has 2 saturated heterocycles. The smallest absolute Gasteiger partial charge is 0.335 e. The fourth-order valence-corrected chi connectivity index (χ4v) is 12.4. The van der Waals surface area contributed by atoms with E-state index in [0.717, 1.165) is 74.6 Å². The molecule has 4 fully saturated rings. The predicted molar refractivity (Wildman–Crippen MR) is 290 cm³/mol. The van der Waals surface area contributed by atoms with E-state index in [-0.39, 0.29) is 62.0 Å². The Balaban J connectivity index is 0.00000108. The highest BCUT2D eigenvalue weighted by atomic mass is 16.5. The number of likely N-dealkylation sites (tertiary alicyclic amines) is 2. The van der Waals surface area contributed by atoms with Gasteiger partial charge in [0.15, 0.2) is 95.6 Å². The number of aliphatic hydroxyl groups excluding tert-OH is 8. The zero-order valence-corrected chi connectivity index (χ0v) is 47.7. The number of carbonyl (C=O) groups excluding carboxylic acids is 2. The first-order valence-electron chi connectivity index (χ1n) is 25.7. The molecule has 504 valence electrons. The van der Waals surface area contributed by atoms with Crippen molar-refractivity contribution in [3.05, 3.63) is 46.5 Å². The monoisotopic (exact) mass is 1290 g/mol. The van der Waals surface area contributed by atoms with Crippen molar-refractivity contribution in [3.63, 3.8) is 0 Å². The van der Waals surface area contributed by atoms with Crippen molar-refractivity contribution in [1.82, 2.24) is 9.80 Å². The number of hydrogen-bond donors (Lipinski definition) is 16. The second-order valence-electron chi connectivity index (χ2n) is 20.8. The molecule has 2 aromatic carbocycles. The van der Waals surface area contributed by atoms with Crippen LogP contribution in [0.1, 0.15) is 60.8 Å². The molecular formula is C52H76N2O35. The van der Waals surface area contributed by atoms with Gasteiger partial charge in [-0.25, -0.2) is 38.4 Å². The quantitative estimate of drug-likeness (QED) is 0.0835. The summed E-state index contributed by atoms with van der Waals surface area (Å²) in [6.45, 7) is 2.09. The zero-order valence-electron chi connectivity index (χ0n) is 47.7. The number of ether oxygens (including phenoxy) is 4. The van der Waals surface area contributed by atoms with Crippen LogP contribution in [0.15, 0.2) is 24.3 Å². The number of carboxylic acid groups (broad SMARTS) is 8. The third-order valence-corrected chi connectivity index (χ3v) is 16.4. The summed E-state index contributed by atoms with van der Waals surface area (Å²) in [5.74, 6) is -9.23. The Bertz CT molecular complexity index is 2550. The predicted octanol–water partition coefficient (Wildman–Crippen LogP) is -8.75. The van der Waals surface area contributed by atoms with Crippen molar-refractivity contribution < 1.29 is 176 Å². The summed E-state index contributed by atoms with van der Waals surface area (Å²) in [4.78, 5) is 108. The molecule has 0 unspecified atom stereocenters. The van der Waals surface area contributed by atoms with Gasteiger partial charge < -0.3 is 138 Å². The molecule has 2 saturated carbocycles. The Morgan fingerprint density at radius 2 is 0.685 bits per heavy atom. The summed E-state index contributed by atoms with van der Waals surface area (Å²) in [5, 5.41) is 130. The topological polar surface area (TPSA) is 695 Å². The molecule has 8 aliphatic rings. The number of ketones is 2. The molecule has 0 aromatic heterocycles. The van der Waals surface area contributed by atoms with Crippen LogP contribution in [0.25, 0.3) is 0 Å². The van der Waals surface area contributed by atoms with E-state index in [1.807, 2.05) is 12.1 Å². The van der Waals surface area contributed by atoms with Crippen molar-refractivity contribution in [2.45, 2.75) is 135 Å². The van der Waals surface area contributed by atoms with Gasteiger partial charge in [0.25, 0.3) is 0 Å². The van der Waals surface area contributed by atoms with Gasteiger partial charge in [0, 0.05) is 46.9 Å². The lowest BCUT2D eigenvalue weighted by Gasteiger charge is -2.57. The molecule has 89 heavy (non-hydrogen) atoms. The van der Waals surface area contributed by atoms with Gasteiger partial charge >= 0.3 is 47.8 Å². The molecule has 0 amide bonds. The Kier molecular flexibility index (Phi) is 29.7. The Hall–Kier alpha value is -7.86. The first-order valence-corrected chi connectivity index (χ1v) is 25.7. The first-order chi connectivity index (χ1) is 39.2. The molecule has 16 atom stereocenters. The van der Waals surface area contributed by atoms with Gasteiger partial charge in [0.1, 0.15) is 0 Å². The largest absolute Gasteiger partial charge is 0.493 e.